The molecule has 4 atom stereocenters. The molecular formula is C42H67N9O12. The van der Waals surface area contributed by atoms with Crippen LogP contribution in [0, 0.1) is 22.7 Å². The Morgan fingerprint density at radius 3 is 2.13 bits per heavy atom. The number of hydrogen-bond acceptors (Lipinski definition) is 12. The van der Waals surface area contributed by atoms with Gasteiger partial charge in [0.1, 0.15) is 18.7 Å². The number of carbonyl (C=O) groups excluding carboxylic acids is 8. The predicted octanol–water partition coefficient (Wildman–Crippen LogP) is 3.20. The Bertz CT molecular complexity index is 1650. The fourth-order valence-electron chi connectivity index (χ4n) is 6.60. The first kappa shape index (κ1) is 53.4. The molecule has 1 aromatic carbocycles. The molecule has 0 aromatic heterocycles. The smallest absolute Gasteiger partial charge is 0.407 e. The number of rotatable bonds is 31. The van der Waals surface area contributed by atoms with Crippen LogP contribution in [0.3, 0.4) is 0 Å². The van der Waals surface area contributed by atoms with Gasteiger partial charge in [-0.3, -0.25) is 28.9 Å². The number of primary amides is 1. The lowest BCUT2D eigenvalue weighted by Crippen LogP contribution is -2.54. The first-order valence-corrected chi connectivity index (χ1v) is 21.7. The maximum Gasteiger partial charge on any atom is 0.407 e. The lowest BCUT2D eigenvalue weighted by atomic mass is 9.88. The fourth-order valence-corrected chi connectivity index (χ4v) is 6.60. The van der Waals surface area contributed by atoms with Gasteiger partial charge < -0.3 is 51.8 Å². The van der Waals surface area contributed by atoms with Crippen LogP contribution in [0.5, 0.6) is 0 Å². The van der Waals surface area contributed by atoms with Gasteiger partial charge in [0.15, 0.2) is 0 Å². The monoisotopic (exact) mass is 889 g/mol. The third-order valence-electron chi connectivity index (χ3n) is 10.2. The number of anilines is 1. The summed E-state index contributed by atoms with van der Waals surface area (Å²) in [6.07, 6.45) is 4.78. The second kappa shape index (κ2) is 30.4. The second-order valence-corrected chi connectivity index (χ2v) is 15.6. The van der Waals surface area contributed by atoms with E-state index in [4.69, 9.17) is 19.9 Å². The van der Waals surface area contributed by atoms with E-state index >= 15 is 0 Å². The summed E-state index contributed by atoms with van der Waals surface area (Å²) in [5.41, 5.74) is 6.21. The van der Waals surface area contributed by atoms with Crippen LogP contribution in [0.25, 0.3) is 0 Å². The first-order chi connectivity index (χ1) is 30.2. The van der Waals surface area contributed by atoms with Crippen LogP contribution in [-0.2, 0) is 44.8 Å². The summed E-state index contributed by atoms with van der Waals surface area (Å²) in [6.45, 7) is 9.27. The molecule has 21 heteroatoms. The average molecular weight is 890 g/mol. The number of amides is 10. The zero-order valence-corrected chi connectivity index (χ0v) is 37.0. The average Bonchev–Trinajstić information content (AvgIpc) is 3.54. The summed E-state index contributed by atoms with van der Waals surface area (Å²) >= 11 is 0. The van der Waals surface area contributed by atoms with E-state index in [-0.39, 0.29) is 107 Å². The van der Waals surface area contributed by atoms with Gasteiger partial charge in [0.25, 0.3) is 0 Å². The van der Waals surface area contributed by atoms with Gasteiger partial charge in [-0.2, -0.15) is 0 Å². The van der Waals surface area contributed by atoms with Gasteiger partial charge in [-0.1, -0.05) is 59.1 Å². The third kappa shape index (κ3) is 21.8. The second-order valence-electron chi connectivity index (χ2n) is 15.6. The number of hydrogen-bond donors (Lipinski definition) is 7. The van der Waals surface area contributed by atoms with E-state index in [1.807, 2.05) is 6.92 Å². The van der Waals surface area contributed by atoms with E-state index in [0.29, 0.717) is 43.5 Å². The minimum absolute atomic E-state index is 0.0571. The van der Waals surface area contributed by atoms with Gasteiger partial charge in [0.2, 0.25) is 29.5 Å². The molecule has 0 aliphatic carbocycles. The number of unbranched alkanes of at least 4 members (excludes halogenated alkanes) is 3. The van der Waals surface area contributed by atoms with Crippen molar-refractivity contribution in [3.8, 4) is 0 Å². The van der Waals surface area contributed by atoms with E-state index in [2.05, 4.69) is 44.0 Å². The van der Waals surface area contributed by atoms with Crippen LogP contribution in [0.15, 0.2) is 29.4 Å². The number of nitrogens with two attached hydrogens (primary N) is 1. The highest BCUT2D eigenvalue weighted by molar-refractivity contribution is 6.03. The molecule has 1 aromatic rings. The van der Waals surface area contributed by atoms with Crippen LogP contribution in [-0.4, -0.2) is 117 Å². The molecule has 0 saturated carbocycles. The fraction of sp³-hybridized carbons (Fsp3) is 0.667. The van der Waals surface area contributed by atoms with Crippen molar-refractivity contribution in [2.24, 2.45) is 28.7 Å². The lowest BCUT2D eigenvalue weighted by Gasteiger charge is -2.25. The molecule has 21 nitrogen and oxygen atoms in total. The summed E-state index contributed by atoms with van der Waals surface area (Å²) in [5, 5.41) is 17.7. The van der Waals surface area contributed by atoms with Crippen molar-refractivity contribution in [3.05, 3.63) is 34.7 Å². The zero-order valence-electron chi connectivity index (χ0n) is 37.0. The highest BCUT2D eigenvalue weighted by atomic mass is 16.5. The summed E-state index contributed by atoms with van der Waals surface area (Å²) in [5.74, 6) is -2.13. The molecule has 1 fully saturated rings. The number of benzene rings is 1. The Balaban J connectivity index is 1.82. The molecule has 10 amide bonds. The van der Waals surface area contributed by atoms with Gasteiger partial charge in [0, 0.05) is 55.8 Å². The Labute approximate surface area is 368 Å². The number of alkyl carbamates (subject to hydrolysis) is 1. The highest BCUT2D eigenvalue weighted by Crippen LogP contribution is 2.30. The van der Waals surface area contributed by atoms with Crippen LogP contribution in [0.4, 0.5) is 20.1 Å². The van der Waals surface area contributed by atoms with Gasteiger partial charge >= 0.3 is 18.2 Å². The van der Waals surface area contributed by atoms with E-state index in [9.17, 15) is 43.3 Å². The molecule has 1 aliphatic rings. The third-order valence-corrected chi connectivity index (χ3v) is 10.2. The van der Waals surface area contributed by atoms with Gasteiger partial charge in [-0.25, -0.2) is 14.4 Å². The van der Waals surface area contributed by atoms with Gasteiger partial charge in [-0.15, -0.1) is 4.91 Å². The topological polar surface area (TPSA) is 295 Å². The van der Waals surface area contributed by atoms with E-state index in [1.165, 1.54) is 4.90 Å². The van der Waals surface area contributed by atoms with E-state index in [0.717, 1.165) is 19.3 Å². The van der Waals surface area contributed by atoms with Gasteiger partial charge in [-0.05, 0) is 61.6 Å². The number of imide groups is 1. The lowest BCUT2D eigenvalue weighted by molar-refractivity contribution is -0.140. The Morgan fingerprint density at radius 1 is 0.810 bits per heavy atom. The number of nitroso groups, excluding NO2 is 1. The van der Waals surface area contributed by atoms with Crippen molar-refractivity contribution < 1.29 is 52.6 Å². The van der Waals surface area contributed by atoms with Crippen molar-refractivity contribution in [1.82, 2.24) is 31.5 Å². The molecule has 0 bridgehead atoms. The minimum Gasteiger partial charge on any atom is -0.445 e. The normalized spacial score (nSPS) is 14.9. The molecule has 352 valence electrons. The number of carbonyl (C=O) groups is 8. The number of nitrogens with one attached hydrogen (secondary N) is 6. The maximum absolute atomic E-state index is 13.6. The Hall–Kier alpha value is -5.70. The predicted molar refractivity (Wildman–Crippen MR) is 232 cm³/mol. The molecule has 3 unspecified atom stereocenters. The Kier molecular flexibility index (Phi) is 25.8. The van der Waals surface area contributed by atoms with E-state index in [1.54, 1.807) is 38.1 Å². The maximum atomic E-state index is 13.6. The molecule has 0 radical (unpaired) electrons. The quantitative estimate of drug-likeness (QED) is 0.0321. The summed E-state index contributed by atoms with van der Waals surface area (Å²) < 4.78 is 15.8. The van der Waals surface area contributed by atoms with Crippen molar-refractivity contribution in [3.63, 3.8) is 0 Å². The minimum atomic E-state index is -1.04. The van der Waals surface area contributed by atoms with Crippen molar-refractivity contribution >= 4 is 53.4 Å². The van der Waals surface area contributed by atoms with Crippen LogP contribution in [0.2, 0.25) is 0 Å². The molecule has 2 rings (SSSR count). The molecule has 8 N–H and O–H groups in total. The molecule has 1 saturated heterocycles. The van der Waals surface area contributed by atoms with Crippen LogP contribution in [0.1, 0.15) is 97.5 Å². The molecular weight excluding hydrogens is 823 g/mol. The Morgan fingerprint density at radius 2 is 1.49 bits per heavy atom. The van der Waals surface area contributed by atoms with Crippen molar-refractivity contribution in [2.45, 2.75) is 111 Å². The van der Waals surface area contributed by atoms with Crippen LogP contribution < -0.4 is 37.6 Å². The molecule has 0 spiro atoms. The summed E-state index contributed by atoms with van der Waals surface area (Å²) in [7, 11) is 0. The van der Waals surface area contributed by atoms with Crippen LogP contribution >= 0.6 is 0 Å². The summed E-state index contributed by atoms with van der Waals surface area (Å²) in [4.78, 5) is 111. The van der Waals surface area contributed by atoms with E-state index < -0.39 is 42.1 Å². The summed E-state index contributed by atoms with van der Waals surface area (Å²) in [6, 6.07) is 2.83. The number of nitrogens with zero attached hydrogens (tertiary/aromatic N) is 2. The SMILES string of the molecule is CCCCC(C)C1CC(=O)N(CCCCCC(=O)NC(C(=O)N[C@H](CCCNC(N)=O)C(=O)Nc2ccc(COC(=O)NCCOCCOCCNC(=O)N=O)cc2)C(C)C)C1=O. The number of ether oxygens (including phenoxy) is 3. The molecule has 1 heterocycles. The molecule has 1 aliphatic heterocycles. The van der Waals surface area contributed by atoms with Crippen molar-refractivity contribution in [1.29, 1.82) is 0 Å². The zero-order chi connectivity index (χ0) is 46.6. The number of likely N-dealkylation sites (tertiary alicyclic amines) is 1. The first-order valence-electron chi connectivity index (χ1n) is 21.7. The standard InChI is InChI=1S/C42H67N9O12/c1-5-6-11-29(4)32-26-35(53)51(39(32)56)21-9-7-8-13-34(52)49-36(28(2)3)38(55)48-33(12-10-18-44-40(43)57)37(54)47-31-16-14-30(15-17-31)27-63-42(59)46-20-23-62-25-24-61-22-19-45-41(58)50-60/h14-17,28-29,32-33,36H,5-13,18-27H2,1-4H3,(H,45,58)(H,46,59)(H,47,54)(H,48,55)(H,49,52)(H3,43,44,57)/t29?,32?,33-,36?/m1/s1. The largest absolute Gasteiger partial charge is 0.445 e. The van der Waals surface area contributed by atoms with Crippen molar-refractivity contribution in [2.75, 3.05) is 57.9 Å². The highest BCUT2D eigenvalue weighted by Gasteiger charge is 2.40. The number of urea groups is 2. The molecule has 63 heavy (non-hydrogen) atoms. The van der Waals surface area contributed by atoms with Gasteiger partial charge in [0.05, 0.1) is 26.4 Å².